The molecule has 18 heavy (non-hydrogen) atoms. The molecule has 1 heterocycles. The summed E-state index contributed by atoms with van der Waals surface area (Å²) in [5.41, 5.74) is 5.40. The smallest absolute Gasteiger partial charge is 0.330 e. The van der Waals surface area contributed by atoms with Crippen molar-refractivity contribution in [3.05, 3.63) is 17.5 Å². The maximum Gasteiger partial charge on any atom is 0.435 e. The molecule has 1 aliphatic carbocycles. The molecule has 1 saturated carbocycles. The van der Waals surface area contributed by atoms with Crippen molar-refractivity contribution in [1.29, 1.82) is 0 Å². The predicted molar refractivity (Wildman–Crippen MR) is 62.0 cm³/mol. The van der Waals surface area contributed by atoms with E-state index in [1.165, 1.54) is 4.68 Å². The molecular weight excluding hydrogens is 243 g/mol. The molecule has 0 bridgehead atoms. The molecule has 3 nitrogen and oxygen atoms in total. The van der Waals surface area contributed by atoms with Crippen molar-refractivity contribution in [3.63, 3.8) is 0 Å². The standard InChI is InChI=1S/C12H18F3N3/c1-8-6-11(12(13,14)15)17-18(8)10-4-2-9(7-16)3-5-10/h6,9-10H,2-5,7,16H2,1H3. The second-order valence-corrected chi connectivity index (χ2v) is 5.02. The summed E-state index contributed by atoms with van der Waals surface area (Å²) in [7, 11) is 0. The van der Waals surface area contributed by atoms with Gasteiger partial charge < -0.3 is 5.73 Å². The second kappa shape index (κ2) is 4.91. The molecule has 0 spiro atoms. The third kappa shape index (κ3) is 2.68. The van der Waals surface area contributed by atoms with Crippen LogP contribution in [0.2, 0.25) is 0 Å². The van der Waals surface area contributed by atoms with Crippen LogP contribution in [0.15, 0.2) is 6.07 Å². The third-order valence-corrected chi connectivity index (χ3v) is 3.71. The Labute approximate surface area is 104 Å². The van der Waals surface area contributed by atoms with Gasteiger partial charge in [0.25, 0.3) is 0 Å². The Bertz CT molecular complexity index is 403. The molecule has 1 aromatic rings. The van der Waals surface area contributed by atoms with E-state index in [1.807, 2.05) is 0 Å². The van der Waals surface area contributed by atoms with Crippen LogP contribution in [-0.4, -0.2) is 16.3 Å². The number of hydrogen-bond acceptors (Lipinski definition) is 2. The van der Waals surface area contributed by atoms with E-state index in [4.69, 9.17) is 5.73 Å². The quantitative estimate of drug-likeness (QED) is 0.889. The lowest BCUT2D eigenvalue weighted by molar-refractivity contribution is -0.141. The summed E-state index contributed by atoms with van der Waals surface area (Å²) in [6.07, 6.45) is -0.683. The van der Waals surface area contributed by atoms with Gasteiger partial charge in [-0.05, 0) is 51.1 Å². The Morgan fingerprint density at radius 2 is 1.94 bits per heavy atom. The highest BCUT2D eigenvalue weighted by atomic mass is 19.4. The number of hydrogen-bond donors (Lipinski definition) is 1. The van der Waals surface area contributed by atoms with Crippen LogP contribution in [0.3, 0.4) is 0 Å². The van der Waals surface area contributed by atoms with Gasteiger partial charge in [0.2, 0.25) is 0 Å². The van der Waals surface area contributed by atoms with Crippen molar-refractivity contribution in [2.24, 2.45) is 11.7 Å². The minimum absolute atomic E-state index is 0.0869. The minimum atomic E-state index is -4.36. The fraction of sp³-hybridized carbons (Fsp3) is 0.750. The van der Waals surface area contributed by atoms with E-state index < -0.39 is 11.9 Å². The highest BCUT2D eigenvalue weighted by Gasteiger charge is 2.35. The van der Waals surface area contributed by atoms with Crippen molar-refractivity contribution in [3.8, 4) is 0 Å². The van der Waals surface area contributed by atoms with Crippen LogP contribution >= 0.6 is 0 Å². The van der Waals surface area contributed by atoms with Crippen LogP contribution in [0.4, 0.5) is 13.2 Å². The molecule has 0 aliphatic heterocycles. The first-order valence-corrected chi connectivity index (χ1v) is 6.25. The number of aromatic nitrogens is 2. The molecule has 6 heteroatoms. The Kier molecular flexibility index (Phi) is 3.66. The van der Waals surface area contributed by atoms with Crippen LogP contribution in [-0.2, 0) is 6.18 Å². The molecule has 0 radical (unpaired) electrons. The van der Waals surface area contributed by atoms with Crippen LogP contribution in [0, 0.1) is 12.8 Å². The van der Waals surface area contributed by atoms with Gasteiger partial charge in [-0.2, -0.15) is 18.3 Å². The first-order chi connectivity index (χ1) is 8.41. The van der Waals surface area contributed by atoms with Crippen LogP contribution in [0.1, 0.15) is 43.1 Å². The van der Waals surface area contributed by atoms with Crippen LogP contribution in [0.5, 0.6) is 0 Å². The lowest BCUT2D eigenvalue weighted by Crippen LogP contribution is -2.24. The third-order valence-electron chi connectivity index (χ3n) is 3.71. The minimum Gasteiger partial charge on any atom is -0.330 e. The zero-order valence-corrected chi connectivity index (χ0v) is 10.4. The normalized spacial score (nSPS) is 25.4. The van der Waals surface area contributed by atoms with Crippen molar-refractivity contribution >= 4 is 0 Å². The van der Waals surface area contributed by atoms with Gasteiger partial charge in [-0.1, -0.05) is 0 Å². The molecule has 2 rings (SSSR count). The maximum absolute atomic E-state index is 12.6. The molecule has 1 fully saturated rings. The van der Waals surface area contributed by atoms with Crippen molar-refractivity contribution < 1.29 is 13.2 Å². The van der Waals surface area contributed by atoms with E-state index in [9.17, 15) is 13.2 Å². The molecule has 0 aromatic carbocycles. The topological polar surface area (TPSA) is 43.8 Å². The summed E-state index contributed by atoms with van der Waals surface area (Å²) in [5.74, 6) is 0.513. The molecular formula is C12H18F3N3. The SMILES string of the molecule is Cc1cc(C(F)(F)F)nn1C1CCC(CN)CC1. The highest BCUT2D eigenvalue weighted by Crippen LogP contribution is 2.34. The van der Waals surface area contributed by atoms with E-state index in [-0.39, 0.29) is 6.04 Å². The van der Waals surface area contributed by atoms with Crippen molar-refractivity contribution in [2.45, 2.75) is 44.8 Å². The van der Waals surface area contributed by atoms with Gasteiger partial charge in [-0.25, -0.2) is 0 Å². The lowest BCUT2D eigenvalue weighted by Gasteiger charge is -2.28. The van der Waals surface area contributed by atoms with Gasteiger partial charge in [-0.3, -0.25) is 4.68 Å². The van der Waals surface area contributed by atoms with Crippen molar-refractivity contribution in [2.75, 3.05) is 6.54 Å². The van der Waals surface area contributed by atoms with Gasteiger partial charge in [0, 0.05) is 5.69 Å². The molecule has 0 amide bonds. The predicted octanol–water partition coefficient (Wildman–Crippen LogP) is 2.90. The Morgan fingerprint density at radius 1 is 1.33 bits per heavy atom. The number of aryl methyl sites for hydroxylation is 1. The number of rotatable bonds is 2. The van der Waals surface area contributed by atoms with E-state index in [1.54, 1.807) is 6.92 Å². The van der Waals surface area contributed by atoms with E-state index >= 15 is 0 Å². The summed E-state index contributed by atoms with van der Waals surface area (Å²) in [6, 6.07) is 1.21. The molecule has 0 saturated heterocycles. The zero-order valence-electron chi connectivity index (χ0n) is 10.4. The largest absolute Gasteiger partial charge is 0.435 e. The van der Waals surface area contributed by atoms with Crippen LogP contribution < -0.4 is 5.73 Å². The van der Waals surface area contributed by atoms with Crippen molar-refractivity contribution in [1.82, 2.24) is 9.78 Å². The highest BCUT2D eigenvalue weighted by molar-refractivity contribution is 5.12. The summed E-state index contributed by atoms with van der Waals surface area (Å²) in [6.45, 7) is 2.34. The van der Waals surface area contributed by atoms with Gasteiger partial charge >= 0.3 is 6.18 Å². The molecule has 0 atom stereocenters. The average molecular weight is 261 g/mol. The Morgan fingerprint density at radius 3 is 2.39 bits per heavy atom. The van der Waals surface area contributed by atoms with E-state index in [2.05, 4.69) is 5.10 Å². The first-order valence-electron chi connectivity index (χ1n) is 6.25. The molecule has 2 N–H and O–H groups in total. The van der Waals surface area contributed by atoms with Gasteiger partial charge in [-0.15, -0.1) is 0 Å². The molecule has 1 aliphatic rings. The Hall–Kier alpha value is -1.04. The number of nitrogens with two attached hydrogens (primary N) is 1. The summed E-state index contributed by atoms with van der Waals surface area (Å²) in [4.78, 5) is 0. The van der Waals surface area contributed by atoms with E-state index in [0.717, 1.165) is 31.7 Å². The maximum atomic E-state index is 12.6. The second-order valence-electron chi connectivity index (χ2n) is 5.02. The summed E-state index contributed by atoms with van der Waals surface area (Å²) >= 11 is 0. The van der Waals surface area contributed by atoms with E-state index in [0.29, 0.717) is 18.2 Å². The molecule has 0 unspecified atom stereocenters. The van der Waals surface area contributed by atoms with Gasteiger partial charge in [0.1, 0.15) is 0 Å². The summed E-state index contributed by atoms with van der Waals surface area (Å²) < 4.78 is 39.3. The number of alkyl halides is 3. The average Bonchev–Trinajstić information content (AvgIpc) is 2.71. The van der Waals surface area contributed by atoms with Crippen LogP contribution in [0.25, 0.3) is 0 Å². The summed E-state index contributed by atoms with van der Waals surface area (Å²) in [5, 5.41) is 3.72. The van der Waals surface area contributed by atoms with Gasteiger partial charge in [0.05, 0.1) is 6.04 Å². The zero-order chi connectivity index (χ0) is 13.3. The first kappa shape index (κ1) is 13.4. The van der Waals surface area contributed by atoms with Gasteiger partial charge in [0.15, 0.2) is 5.69 Å². The fourth-order valence-electron chi connectivity index (χ4n) is 2.62. The fourth-order valence-corrected chi connectivity index (χ4v) is 2.62. The molecule has 1 aromatic heterocycles. The Balaban J connectivity index is 2.12. The number of halogens is 3. The molecule has 102 valence electrons. The monoisotopic (exact) mass is 261 g/mol. The number of nitrogens with zero attached hydrogens (tertiary/aromatic N) is 2. The lowest BCUT2D eigenvalue weighted by atomic mass is 9.86.